The average molecular weight is 270 g/mol. The minimum atomic E-state index is -0.304. The molecule has 94 valence electrons. The molecule has 1 heterocycles. The number of Topliss-reactive ketones (excluding diaryl/α,β-unsaturated/α-hetero) is 1. The molecule has 0 atom stereocenters. The van der Waals surface area contributed by atoms with Crippen molar-refractivity contribution in [1.82, 2.24) is 0 Å². The Hall–Kier alpha value is -2.00. The lowest BCUT2D eigenvalue weighted by molar-refractivity contribution is 0.0997. The molecule has 0 aliphatic heterocycles. The first-order chi connectivity index (χ1) is 9.22. The highest BCUT2D eigenvalue weighted by Gasteiger charge is 2.11. The van der Waals surface area contributed by atoms with E-state index < -0.39 is 0 Å². The SMILES string of the molecule is O=C(Cc1cccc(F)c1)c1cc2ccccc2s1. The molecule has 3 aromatic rings. The maximum Gasteiger partial charge on any atom is 0.177 e. The van der Waals surface area contributed by atoms with E-state index in [0.717, 1.165) is 15.0 Å². The third-order valence-electron chi connectivity index (χ3n) is 2.95. The van der Waals surface area contributed by atoms with Crippen molar-refractivity contribution in [3.05, 3.63) is 70.9 Å². The highest BCUT2D eigenvalue weighted by atomic mass is 32.1. The van der Waals surface area contributed by atoms with Crippen LogP contribution in [0.15, 0.2) is 54.6 Å². The van der Waals surface area contributed by atoms with E-state index in [1.807, 2.05) is 30.3 Å². The molecule has 0 N–H and O–H groups in total. The Kier molecular flexibility index (Phi) is 3.13. The number of halogens is 1. The van der Waals surface area contributed by atoms with Crippen LogP contribution in [0.2, 0.25) is 0 Å². The fourth-order valence-electron chi connectivity index (χ4n) is 2.04. The number of thiophene rings is 1. The van der Waals surface area contributed by atoms with Crippen LogP contribution >= 0.6 is 11.3 Å². The van der Waals surface area contributed by atoms with Crippen LogP contribution in [0.5, 0.6) is 0 Å². The molecule has 0 saturated heterocycles. The van der Waals surface area contributed by atoms with Gasteiger partial charge in [-0.1, -0.05) is 30.3 Å². The van der Waals surface area contributed by atoms with Crippen LogP contribution in [0.25, 0.3) is 10.1 Å². The van der Waals surface area contributed by atoms with E-state index in [0.29, 0.717) is 5.56 Å². The quantitative estimate of drug-likeness (QED) is 0.642. The topological polar surface area (TPSA) is 17.1 Å². The van der Waals surface area contributed by atoms with Gasteiger partial charge in [-0.3, -0.25) is 4.79 Å². The summed E-state index contributed by atoms with van der Waals surface area (Å²) in [6, 6.07) is 16.0. The zero-order valence-electron chi connectivity index (χ0n) is 10.1. The number of rotatable bonds is 3. The van der Waals surface area contributed by atoms with E-state index >= 15 is 0 Å². The molecule has 0 saturated carbocycles. The number of benzene rings is 2. The Morgan fingerprint density at radius 3 is 2.68 bits per heavy atom. The lowest BCUT2D eigenvalue weighted by Crippen LogP contribution is -2.01. The highest BCUT2D eigenvalue weighted by Crippen LogP contribution is 2.26. The van der Waals surface area contributed by atoms with E-state index in [-0.39, 0.29) is 18.0 Å². The van der Waals surface area contributed by atoms with Crippen LogP contribution < -0.4 is 0 Å². The molecule has 3 rings (SSSR count). The van der Waals surface area contributed by atoms with E-state index in [1.54, 1.807) is 12.1 Å². The first kappa shape index (κ1) is 12.1. The first-order valence-electron chi connectivity index (χ1n) is 5.98. The standard InChI is InChI=1S/C16H11FOS/c17-13-6-3-4-11(8-13)9-14(18)16-10-12-5-1-2-7-15(12)19-16/h1-8,10H,9H2. The summed E-state index contributed by atoms with van der Waals surface area (Å²) in [5.41, 5.74) is 0.711. The monoisotopic (exact) mass is 270 g/mol. The summed E-state index contributed by atoms with van der Waals surface area (Å²) in [5.74, 6) is -0.270. The Balaban J connectivity index is 1.87. The number of carbonyl (C=O) groups is 1. The molecule has 0 aliphatic rings. The van der Waals surface area contributed by atoms with Gasteiger partial charge in [0.15, 0.2) is 5.78 Å². The highest BCUT2D eigenvalue weighted by molar-refractivity contribution is 7.20. The second-order valence-electron chi connectivity index (χ2n) is 4.38. The van der Waals surface area contributed by atoms with Gasteiger partial charge in [-0.05, 0) is 35.2 Å². The van der Waals surface area contributed by atoms with Crippen molar-refractivity contribution >= 4 is 27.2 Å². The fraction of sp³-hybridized carbons (Fsp3) is 0.0625. The van der Waals surface area contributed by atoms with Crippen LogP contribution in [-0.2, 0) is 6.42 Å². The third-order valence-corrected chi connectivity index (χ3v) is 4.11. The van der Waals surface area contributed by atoms with Gasteiger partial charge in [0.25, 0.3) is 0 Å². The molecule has 0 amide bonds. The summed E-state index contributed by atoms with van der Waals surface area (Å²) in [6.07, 6.45) is 0.241. The summed E-state index contributed by atoms with van der Waals surface area (Å²) in [6.45, 7) is 0. The lowest BCUT2D eigenvalue weighted by Gasteiger charge is -1.99. The van der Waals surface area contributed by atoms with Crippen molar-refractivity contribution in [2.24, 2.45) is 0 Å². The van der Waals surface area contributed by atoms with Gasteiger partial charge in [0.05, 0.1) is 4.88 Å². The van der Waals surface area contributed by atoms with Crippen molar-refractivity contribution in [2.45, 2.75) is 6.42 Å². The number of fused-ring (bicyclic) bond motifs is 1. The number of hydrogen-bond donors (Lipinski definition) is 0. The fourth-order valence-corrected chi connectivity index (χ4v) is 3.04. The van der Waals surface area contributed by atoms with Crippen molar-refractivity contribution in [3.8, 4) is 0 Å². The normalized spacial score (nSPS) is 10.8. The maximum absolute atomic E-state index is 13.1. The van der Waals surface area contributed by atoms with Crippen LogP contribution in [0.4, 0.5) is 4.39 Å². The second-order valence-corrected chi connectivity index (χ2v) is 5.46. The summed E-state index contributed by atoms with van der Waals surface area (Å²) in [7, 11) is 0. The van der Waals surface area contributed by atoms with Gasteiger partial charge in [0.2, 0.25) is 0 Å². The van der Waals surface area contributed by atoms with Gasteiger partial charge in [-0.15, -0.1) is 11.3 Å². The molecule has 0 unspecified atom stereocenters. The molecule has 0 aliphatic carbocycles. The third kappa shape index (κ3) is 2.56. The van der Waals surface area contributed by atoms with Gasteiger partial charge >= 0.3 is 0 Å². The molecule has 1 aromatic heterocycles. The molecular formula is C16H11FOS. The van der Waals surface area contributed by atoms with Crippen LogP contribution in [-0.4, -0.2) is 5.78 Å². The molecule has 0 bridgehead atoms. The van der Waals surface area contributed by atoms with Crippen molar-refractivity contribution < 1.29 is 9.18 Å². The second kappa shape index (κ2) is 4.94. The molecule has 19 heavy (non-hydrogen) atoms. The van der Waals surface area contributed by atoms with Gasteiger partial charge < -0.3 is 0 Å². The average Bonchev–Trinajstić information content (AvgIpc) is 2.82. The van der Waals surface area contributed by atoms with E-state index in [2.05, 4.69) is 0 Å². The van der Waals surface area contributed by atoms with E-state index in [1.165, 1.54) is 23.5 Å². The summed E-state index contributed by atoms with van der Waals surface area (Å²) in [4.78, 5) is 12.9. The Morgan fingerprint density at radius 1 is 1.05 bits per heavy atom. The summed E-state index contributed by atoms with van der Waals surface area (Å²) >= 11 is 1.49. The number of ketones is 1. The Morgan fingerprint density at radius 2 is 1.89 bits per heavy atom. The van der Waals surface area contributed by atoms with Gasteiger partial charge in [-0.2, -0.15) is 0 Å². The lowest BCUT2D eigenvalue weighted by atomic mass is 10.1. The Labute approximate surface area is 114 Å². The summed E-state index contributed by atoms with van der Waals surface area (Å²) in [5, 5.41) is 1.08. The van der Waals surface area contributed by atoms with Gasteiger partial charge in [0.1, 0.15) is 5.82 Å². The van der Waals surface area contributed by atoms with Crippen molar-refractivity contribution in [3.63, 3.8) is 0 Å². The summed E-state index contributed by atoms with van der Waals surface area (Å²) < 4.78 is 14.2. The van der Waals surface area contributed by atoms with Crippen molar-refractivity contribution in [1.29, 1.82) is 0 Å². The number of hydrogen-bond acceptors (Lipinski definition) is 2. The maximum atomic E-state index is 13.1. The predicted molar refractivity (Wildman–Crippen MR) is 76.3 cm³/mol. The van der Waals surface area contributed by atoms with Crippen LogP contribution in [0, 0.1) is 5.82 Å². The minimum absolute atomic E-state index is 0.0341. The zero-order valence-corrected chi connectivity index (χ0v) is 10.9. The van der Waals surface area contributed by atoms with E-state index in [4.69, 9.17) is 0 Å². The predicted octanol–water partition coefficient (Wildman–Crippen LogP) is 4.47. The molecule has 2 aromatic carbocycles. The minimum Gasteiger partial charge on any atom is -0.293 e. The molecule has 0 radical (unpaired) electrons. The first-order valence-corrected chi connectivity index (χ1v) is 6.80. The largest absolute Gasteiger partial charge is 0.293 e. The van der Waals surface area contributed by atoms with Crippen LogP contribution in [0.1, 0.15) is 15.2 Å². The van der Waals surface area contributed by atoms with Gasteiger partial charge in [0, 0.05) is 11.1 Å². The molecule has 0 spiro atoms. The van der Waals surface area contributed by atoms with Crippen molar-refractivity contribution in [2.75, 3.05) is 0 Å². The molecule has 0 fully saturated rings. The smallest absolute Gasteiger partial charge is 0.177 e. The molecule has 1 nitrogen and oxygen atoms in total. The number of carbonyl (C=O) groups excluding carboxylic acids is 1. The zero-order chi connectivity index (χ0) is 13.2. The molecular weight excluding hydrogens is 259 g/mol. The molecule has 3 heteroatoms. The van der Waals surface area contributed by atoms with Gasteiger partial charge in [-0.25, -0.2) is 4.39 Å². The Bertz CT molecular complexity index is 712. The van der Waals surface area contributed by atoms with Crippen LogP contribution in [0.3, 0.4) is 0 Å². The van der Waals surface area contributed by atoms with E-state index in [9.17, 15) is 9.18 Å².